The minimum absolute atomic E-state index is 0.274. The maximum atomic E-state index is 12.4. The van der Waals surface area contributed by atoms with Crippen LogP contribution in [0.5, 0.6) is 0 Å². The van der Waals surface area contributed by atoms with E-state index in [-0.39, 0.29) is 10.9 Å². The number of rotatable bonds is 6. The Morgan fingerprint density at radius 3 is 2.45 bits per heavy atom. The number of nitrogens with one attached hydrogen (secondary N) is 1. The molecule has 1 heterocycles. The largest absolute Gasteiger partial charge is 0.468 e. The number of furan rings is 1. The van der Waals surface area contributed by atoms with E-state index in [1.807, 2.05) is 13.8 Å². The molecule has 0 aliphatic carbocycles. The number of hydrogen-bond acceptors (Lipinski definition) is 3. The summed E-state index contributed by atoms with van der Waals surface area (Å²) in [5, 5.41) is 0. The highest BCUT2D eigenvalue weighted by atomic mass is 32.2. The molecular weight excluding hydrogens is 274 g/mol. The summed E-state index contributed by atoms with van der Waals surface area (Å²) >= 11 is 0. The molecule has 0 aliphatic heterocycles. The second kappa shape index (κ2) is 6.24. The Morgan fingerprint density at radius 2 is 1.90 bits per heavy atom. The van der Waals surface area contributed by atoms with Gasteiger partial charge in [0.1, 0.15) is 5.76 Å². The van der Waals surface area contributed by atoms with Crippen molar-refractivity contribution in [1.82, 2.24) is 4.72 Å². The number of sulfonamides is 1. The third-order valence-corrected chi connectivity index (χ3v) is 4.58. The van der Waals surface area contributed by atoms with Crippen molar-refractivity contribution in [2.45, 2.75) is 37.6 Å². The SMILES string of the molecule is CCCC(NS(=O)(=O)c1ccc(C)cc1)c1ccco1. The van der Waals surface area contributed by atoms with E-state index in [9.17, 15) is 8.42 Å². The minimum atomic E-state index is -3.53. The molecule has 2 rings (SSSR count). The van der Waals surface area contributed by atoms with Crippen molar-refractivity contribution in [2.24, 2.45) is 0 Å². The van der Waals surface area contributed by atoms with Crippen molar-refractivity contribution in [3.63, 3.8) is 0 Å². The van der Waals surface area contributed by atoms with Crippen LogP contribution in [0.2, 0.25) is 0 Å². The summed E-state index contributed by atoms with van der Waals surface area (Å²) in [5.41, 5.74) is 1.03. The normalized spacial score (nSPS) is 13.3. The van der Waals surface area contributed by atoms with Crippen LogP contribution >= 0.6 is 0 Å². The van der Waals surface area contributed by atoms with Gasteiger partial charge >= 0.3 is 0 Å². The molecule has 0 saturated heterocycles. The molecule has 1 aromatic carbocycles. The molecule has 0 saturated carbocycles. The van der Waals surface area contributed by atoms with Gasteiger partial charge in [0.15, 0.2) is 0 Å². The first kappa shape index (κ1) is 14.8. The third kappa shape index (κ3) is 3.49. The van der Waals surface area contributed by atoms with Crippen LogP contribution in [0.25, 0.3) is 0 Å². The van der Waals surface area contributed by atoms with Gasteiger partial charge < -0.3 is 4.42 Å². The van der Waals surface area contributed by atoms with Crippen LogP contribution in [0.4, 0.5) is 0 Å². The zero-order chi connectivity index (χ0) is 14.6. The molecule has 20 heavy (non-hydrogen) atoms. The number of aryl methyl sites for hydroxylation is 1. The minimum Gasteiger partial charge on any atom is -0.468 e. The van der Waals surface area contributed by atoms with Crippen LogP contribution in [-0.2, 0) is 10.0 Å². The second-order valence-electron chi connectivity index (χ2n) is 4.79. The van der Waals surface area contributed by atoms with E-state index in [4.69, 9.17) is 4.42 Å². The molecule has 1 aromatic heterocycles. The van der Waals surface area contributed by atoms with Gasteiger partial charge in [-0.25, -0.2) is 13.1 Å². The van der Waals surface area contributed by atoms with Gasteiger partial charge in [0.05, 0.1) is 17.2 Å². The molecule has 0 spiro atoms. The highest BCUT2D eigenvalue weighted by Crippen LogP contribution is 2.22. The summed E-state index contributed by atoms with van der Waals surface area (Å²) in [4.78, 5) is 0.274. The Labute approximate surface area is 119 Å². The third-order valence-electron chi connectivity index (χ3n) is 3.09. The van der Waals surface area contributed by atoms with Crippen LogP contribution in [0.15, 0.2) is 52.0 Å². The molecule has 1 N–H and O–H groups in total. The fraction of sp³-hybridized carbons (Fsp3) is 0.333. The fourth-order valence-corrected chi connectivity index (χ4v) is 3.25. The van der Waals surface area contributed by atoms with Gasteiger partial charge in [-0.2, -0.15) is 0 Å². The Bertz CT molecular complexity index is 630. The standard InChI is InChI=1S/C15H19NO3S/c1-3-5-14(15-6-4-11-19-15)16-20(17,18)13-9-7-12(2)8-10-13/h4,6-11,14,16H,3,5H2,1-2H3. The molecule has 1 atom stereocenters. The fourth-order valence-electron chi connectivity index (χ4n) is 2.01. The molecule has 108 valence electrons. The molecule has 0 fully saturated rings. The van der Waals surface area contributed by atoms with Gasteiger partial charge in [0.2, 0.25) is 10.0 Å². The Morgan fingerprint density at radius 1 is 1.20 bits per heavy atom. The maximum Gasteiger partial charge on any atom is 0.241 e. The predicted molar refractivity (Wildman–Crippen MR) is 77.9 cm³/mol. The molecule has 5 heteroatoms. The van der Waals surface area contributed by atoms with Gasteiger partial charge in [0.25, 0.3) is 0 Å². The Hall–Kier alpha value is -1.59. The topological polar surface area (TPSA) is 59.3 Å². The van der Waals surface area contributed by atoms with Gasteiger partial charge in [-0.1, -0.05) is 31.0 Å². The average Bonchev–Trinajstić information content (AvgIpc) is 2.92. The molecular formula is C15H19NO3S. The van der Waals surface area contributed by atoms with E-state index in [0.29, 0.717) is 12.2 Å². The lowest BCUT2D eigenvalue weighted by Gasteiger charge is -2.16. The van der Waals surface area contributed by atoms with E-state index in [1.54, 1.807) is 42.7 Å². The first-order valence-electron chi connectivity index (χ1n) is 6.65. The molecule has 2 aromatic rings. The summed E-state index contributed by atoms with van der Waals surface area (Å²) in [7, 11) is -3.53. The van der Waals surface area contributed by atoms with E-state index >= 15 is 0 Å². The summed E-state index contributed by atoms with van der Waals surface area (Å²) in [6.07, 6.45) is 3.11. The monoisotopic (exact) mass is 293 g/mol. The summed E-state index contributed by atoms with van der Waals surface area (Å²) < 4.78 is 32.8. The summed E-state index contributed by atoms with van der Waals surface area (Å²) in [5.74, 6) is 0.641. The lowest BCUT2D eigenvalue weighted by molar-refractivity contribution is 0.426. The van der Waals surface area contributed by atoms with E-state index in [0.717, 1.165) is 12.0 Å². The van der Waals surface area contributed by atoms with Crippen LogP contribution in [0, 0.1) is 6.92 Å². The molecule has 0 aliphatic rings. The lowest BCUT2D eigenvalue weighted by Crippen LogP contribution is -2.28. The van der Waals surface area contributed by atoms with E-state index < -0.39 is 10.0 Å². The van der Waals surface area contributed by atoms with Gasteiger partial charge in [-0.05, 0) is 37.6 Å². The van der Waals surface area contributed by atoms with Crippen LogP contribution in [0.3, 0.4) is 0 Å². The van der Waals surface area contributed by atoms with Crippen LogP contribution in [-0.4, -0.2) is 8.42 Å². The predicted octanol–water partition coefficient (Wildman–Crippen LogP) is 3.41. The van der Waals surface area contributed by atoms with Crippen molar-refractivity contribution in [2.75, 3.05) is 0 Å². The van der Waals surface area contributed by atoms with E-state index in [2.05, 4.69) is 4.72 Å². The zero-order valence-corrected chi connectivity index (χ0v) is 12.5. The van der Waals surface area contributed by atoms with Crippen molar-refractivity contribution < 1.29 is 12.8 Å². The smallest absolute Gasteiger partial charge is 0.241 e. The van der Waals surface area contributed by atoms with Crippen LogP contribution < -0.4 is 4.72 Å². The molecule has 0 amide bonds. The maximum absolute atomic E-state index is 12.4. The second-order valence-corrected chi connectivity index (χ2v) is 6.51. The van der Waals surface area contributed by atoms with Crippen molar-refractivity contribution in [3.05, 3.63) is 54.0 Å². The first-order valence-corrected chi connectivity index (χ1v) is 8.13. The molecule has 0 bridgehead atoms. The first-order chi connectivity index (χ1) is 9.53. The molecule has 0 radical (unpaired) electrons. The Kier molecular flexibility index (Phi) is 4.62. The lowest BCUT2D eigenvalue weighted by atomic mass is 10.1. The van der Waals surface area contributed by atoms with E-state index in [1.165, 1.54) is 0 Å². The van der Waals surface area contributed by atoms with Gasteiger partial charge in [-0.3, -0.25) is 0 Å². The van der Waals surface area contributed by atoms with Crippen molar-refractivity contribution in [3.8, 4) is 0 Å². The quantitative estimate of drug-likeness (QED) is 0.888. The zero-order valence-electron chi connectivity index (χ0n) is 11.7. The highest BCUT2D eigenvalue weighted by molar-refractivity contribution is 7.89. The molecule has 4 nitrogen and oxygen atoms in total. The average molecular weight is 293 g/mol. The summed E-state index contributed by atoms with van der Waals surface area (Å²) in [6.45, 7) is 3.93. The molecule has 1 unspecified atom stereocenters. The van der Waals surface area contributed by atoms with Crippen molar-refractivity contribution in [1.29, 1.82) is 0 Å². The Balaban J connectivity index is 2.23. The highest BCUT2D eigenvalue weighted by Gasteiger charge is 2.22. The van der Waals surface area contributed by atoms with Crippen molar-refractivity contribution >= 4 is 10.0 Å². The number of benzene rings is 1. The number of hydrogen-bond donors (Lipinski definition) is 1. The van der Waals surface area contributed by atoms with Crippen LogP contribution in [0.1, 0.15) is 37.1 Å². The van der Waals surface area contributed by atoms with Gasteiger partial charge in [0, 0.05) is 0 Å². The van der Waals surface area contributed by atoms with Gasteiger partial charge in [-0.15, -0.1) is 0 Å². The summed E-state index contributed by atoms with van der Waals surface area (Å²) in [6, 6.07) is 10.0.